The molecular weight excluding hydrogens is 361 g/mol. The molecule has 7 heteroatoms. The SMILES string of the molecule is C[C@H]1C[C@@H](C(=O)N2CCN(Cc3ccc(Cl)cc3)C(=O)C2)CCN1.Cl. The second-order valence-electron chi connectivity index (χ2n) is 6.78. The molecule has 0 bridgehead atoms. The second kappa shape index (κ2) is 8.88. The van der Waals surface area contributed by atoms with Crippen molar-refractivity contribution in [3.05, 3.63) is 34.9 Å². The summed E-state index contributed by atoms with van der Waals surface area (Å²) in [5.74, 6) is 0.214. The zero-order valence-corrected chi connectivity index (χ0v) is 16.0. The average molecular weight is 386 g/mol. The minimum Gasteiger partial charge on any atom is -0.335 e. The van der Waals surface area contributed by atoms with Gasteiger partial charge < -0.3 is 15.1 Å². The van der Waals surface area contributed by atoms with Gasteiger partial charge in [0.05, 0.1) is 6.54 Å². The van der Waals surface area contributed by atoms with E-state index in [1.807, 2.05) is 29.2 Å². The predicted molar refractivity (Wildman–Crippen MR) is 101 cm³/mol. The number of carbonyl (C=O) groups is 2. The number of piperazine rings is 1. The third kappa shape index (κ3) is 5.09. The smallest absolute Gasteiger partial charge is 0.242 e. The van der Waals surface area contributed by atoms with Crippen LogP contribution in [-0.2, 0) is 16.1 Å². The first-order chi connectivity index (χ1) is 11.5. The Balaban J connectivity index is 0.00000225. The van der Waals surface area contributed by atoms with Crippen LogP contribution >= 0.6 is 24.0 Å². The lowest BCUT2D eigenvalue weighted by molar-refractivity contribution is -0.148. The Morgan fingerprint density at radius 3 is 2.64 bits per heavy atom. The van der Waals surface area contributed by atoms with Gasteiger partial charge in [0.1, 0.15) is 0 Å². The van der Waals surface area contributed by atoms with Gasteiger partial charge in [-0.3, -0.25) is 9.59 Å². The molecule has 0 aliphatic carbocycles. The fourth-order valence-electron chi connectivity index (χ4n) is 3.49. The highest BCUT2D eigenvalue weighted by Crippen LogP contribution is 2.20. The Morgan fingerprint density at radius 1 is 1.28 bits per heavy atom. The number of piperidine rings is 1. The van der Waals surface area contributed by atoms with E-state index in [1.54, 1.807) is 4.90 Å². The van der Waals surface area contributed by atoms with Gasteiger partial charge >= 0.3 is 0 Å². The predicted octanol–water partition coefficient (Wildman–Crippen LogP) is 2.32. The van der Waals surface area contributed by atoms with Crippen molar-refractivity contribution in [1.82, 2.24) is 15.1 Å². The van der Waals surface area contributed by atoms with Gasteiger partial charge in [0.25, 0.3) is 0 Å². The van der Waals surface area contributed by atoms with Crippen LogP contribution in [0, 0.1) is 5.92 Å². The molecule has 0 saturated carbocycles. The van der Waals surface area contributed by atoms with Crippen LogP contribution in [0.15, 0.2) is 24.3 Å². The summed E-state index contributed by atoms with van der Waals surface area (Å²) in [7, 11) is 0. The third-order valence-corrected chi connectivity index (χ3v) is 5.14. The van der Waals surface area contributed by atoms with Crippen molar-refractivity contribution in [1.29, 1.82) is 0 Å². The minimum absolute atomic E-state index is 0. The average Bonchev–Trinajstić information content (AvgIpc) is 2.58. The maximum Gasteiger partial charge on any atom is 0.242 e. The van der Waals surface area contributed by atoms with E-state index in [0.29, 0.717) is 30.7 Å². The van der Waals surface area contributed by atoms with E-state index in [2.05, 4.69) is 12.2 Å². The first-order valence-electron chi connectivity index (χ1n) is 8.57. The molecule has 2 amide bonds. The molecule has 3 rings (SSSR count). The maximum absolute atomic E-state index is 12.7. The normalized spacial score (nSPS) is 24.0. The molecule has 2 atom stereocenters. The van der Waals surface area contributed by atoms with E-state index in [9.17, 15) is 9.59 Å². The van der Waals surface area contributed by atoms with E-state index in [-0.39, 0.29) is 36.7 Å². The van der Waals surface area contributed by atoms with Crippen LogP contribution in [0.1, 0.15) is 25.3 Å². The third-order valence-electron chi connectivity index (χ3n) is 4.89. The Bertz CT molecular complexity index is 609. The van der Waals surface area contributed by atoms with Crippen LogP contribution in [0.4, 0.5) is 0 Å². The zero-order valence-electron chi connectivity index (χ0n) is 14.4. The topological polar surface area (TPSA) is 52.7 Å². The maximum atomic E-state index is 12.7. The van der Waals surface area contributed by atoms with Crippen molar-refractivity contribution in [2.45, 2.75) is 32.4 Å². The van der Waals surface area contributed by atoms with E-state index < -0.39 is 0 Å². The van der Waals surface area contributed by atoms with Crippen molar-refractivity contribution < 1.29 is 9.59 Å². The Labute approximate surface area is 160 Å². The van der Waals surface area contributed by atoms with Gasteiger partial charge in [0, 0.05) is 36.6 Å². The Morgan fingerprint density at radius 2 is 2.00 bits per heavy atom. The van der Waals surface area contributed by atoms with Crippen molar-refractivity contribution in [3.63, 3.8) is 0 Å². The van der Waals surface area contributed by atoms with Gasteiger partial charge in [-0.15, -0.1) is 12.4 Å². The molecule has 0 aromatic heterocycles. The van der Waals surface area contributed by atoms with Gasteiger partial charge in [-0.2, -0.15) is 0 Å². The lowest BCUT2D eigenvalue weighted by Crippen LogP contribution is -2.54. The standard InChI is InChI=1S/C18H24ClN3O2.ClH/c1-13-10-15(6-7-20-13)18(24)22-9-8-21(17(23)12-22)11-14-2-4-16(19)5-3-14;/h2-5,13,15,20H,6-12H2,1H3;1H/t13-,15-;/m0./s1. The highest BCUT2D eigenvalue weighted by Gasteiger charge is 2.33. The molecule has 0 spiro atoms. The number of nitrogens with zero attached hydrogens (tertiary/aromatic N) is 2. The molecule has 1 aromatic rings. The summed E-state index contributed by atoms with van der Waals surface area (Å²) < 4.78 is 0. The number of benzene rings is 1. The van der Waals surface area contributed by atoms with Crippen LogP contribution in [0.3, 0.4) is 0 Å². The molecule has 5 nitrogen and oxygen atoms in total. The number of hydrogen-bond acceptors (Lipinski definition) is 3. The van der Waals surface area contributed by atoms with Crippen LogP contribution in [0.25, 0.3) is 0 Å². The monoisotopic (exact) mass is 385 g/mol. The molecule has 0 radical (unpaired) electrons. The summed E-state index contributed by atoms with van der Waals surface area (Å²) in [6, 6.07) is 7.90. The number of halogens is 2. The summed E-state index contributed by atoms with van der Waals surface area (Å²) in [5.41, 5.74) is 1.06. The van der Waals surface area contributed by atoms with Crippen LogP contribution in [0.5, 0.6) is 0 Å². The lowest BCUT2D eigenvalue weighted by Gasteiger charge is -2.37. The summed E-state index contributed by atoms with van der Waals surface area (Å²) in [4.78, 5) is 28.6. The highest BCUT2D eigenvalue weighted by molar-refractivity contribution is 6.30. The fourth-order valence-corrected chi connectivity index (χ4v) is 3.61. The van der Waals surface area contributed by atoms with Gasteiger partial charge in [-0.25, -0.2) is 0 Å². The molecule has 2 heterocycles. The highest BCUT2D eigenvalue weighted by atomic mass is 35.5. The fraction of sp³-hybridized carbons (Fsp3) is 0.556. The van der Waals surface area contributed by atoms with Gasteiger partial charge in [0.15, 0.2) is 0 Å². The van der Waals surface area contributed by atoms with Crippen molar-refractivity contribution in [2.24, 2.45) is 5.92 Å². The van der Waals surface area contributed by atoms with Crippen LogP contribution in [0.2, 0.25) is 5.02 Å². The number of hydrogen-bond donors (Lipinski definition) is 1. The van der Waals surface area contributed by atoms with E-state index >= 15 is 0 Å². The molecule has 0 unspecified atom stereocenters. The Hall–Kier alpha value is -1.30. The number of carbonyl (C=O) groups excluding carboxylic acids is 2. The van der Waals surface area contributed by atoms with Crippen molar-refractivity contribution in [3.8, 4) is 0 Å². The molecule has 1 N–H and O–H groups in total. The van der Waals surface area contributed by atoms with E-state index in [1.165, 1.54) is 0 Å². The van der Waals surface area contributed by atoms with Crippen LogP contribution < -0.4 is 5.32 Å². The summed E-state index contributed by atoms with van der Waals surface area (Å²) in [6.45, 7) is 4.97. The first-order valence-corrected chi connectivity index (χ1v) is 8.95. The quantitative estimate of drug-likeness (QED) is 0.868. The molecule has 138 valence electrons. The number of amides is 2. The first kappa shape index (κ1) is 20.0. The molecule has 2 aliphatic rings. The van der Waals surface area contributed by atoms with Crippen molar-refractivity contribution >= 4 is 35.8 Å². The van der Waals surface area contributed by atoms with E-state index in [0.717, 1.165) is 24.9 Å². The Kier molecular flexibility index (Phi) is 7.11. The molecule has 2 saturated heterocycles. The second-order valence-corrected chi connectivity index (χ2v) is 7.21. The van der Waals surface area contributed by atoms with Gasteiger partial charge in [-0.1, -0.05) is 23.7 Å². The molecule has 2 aliphatic heterocycles. The van der Waals surface area contributed by atoms with Crippen molar-refractivity contribution in [2.75, 3.05) is 26.2 Å². The summed E-state index contributed by atoms with van der Waals surface area (Å²) in [6.07, 6.45) is 1.72. The number of rotatable bonds is 3. The largest absolute Gasteiger partial charge is 0.335 e. The molecule has 2 fully saturated rings. The lowest BCUT2D eigenvalue weighted by atomic mass is 9.92. The molecule has 25 heavy (non-hydrogen) atoms. The summed E-state index contributed by atoms with van der Waals surface area (Å²) >= 11 is 5.89. The van der Waals surface area contributed by atoms with Gasteiger partial charge in [0.2, 0.25) is 11.8 Å². The minimum atomic E-state index is 0. The van der Waals surface area contributed by atoms with Gasteiger partial charge in [-0.05, 0) is 44.0 Å². The molecular formula is C18H25Cl2N3O2. The summed E-state index contributed by atoms with van der Waals surface area (Å²) in [5, 5.41) is 4.05. The van der Waals surface area contributed by atoms with Crippen LogP contribution in [-0.4, -0.2) is 53.8 Å². The number of nitrogens with one attached hydrogen (secondary N) is 1. The molecule has 1 aromatic carbocycles. The zero-order chi connectivity index (χ0) is 17.1. The van der Waals surface area contributed by atoms with E-state index in [4.69, 9.17) is 11.6 Å².